The van der Waals surface area contributed by atoms with Crippen LogP contribution in [0.25, 0.3) is 0 Å². The predicted octanol–water partition coefficient (Wildman–Crippen LogP) is 2.73. The van der Waals surface area contributed by atoms with Crippen molar-refractivity contribution in [1.82, 2.24) is 4.72 Å². The van der Waals surface area contributed by atoms with Crippen LogP contribution in [0.2, 0.25) is 0 Å². The number of methoxy groups -OCH3 is 2. The van der Waals surface area contributed by atoms with E-state index in [0.29, 0.717) is 5.92 Å². The second kappa shape index (κ2) is 8.06. The molecule has 1 aromatic rings. The van der Waals surface area contributed by atoms with Gasteiger partial charge >= 0.3 is 11.9 Å². The van der Waals surface area contributed by atoms with Crippen LogP contribution < -0.4 is 4.72 Å². The summed E-state index contributed by atoms with van der Waals surface area (Å²) in [6.45, 7) is 5.65. The second-order valence-electron chi connectivity index (χ2n) is 6.70. The summed E-state index contributed by atoms with van der Waals surface area (Å²) < 4.78 is 38.0. The number of hydrogen-bond acceptors (Lipinski definition) is 7. The van der Waals surface area contributed by atoms with Gasteiger partial charge in [0.25, 0.3) is 10.0 Å². The van der Waals surface area contributed by atoms with Crippen molar-refractivity contribution >= 4 is 33.3 Å². The fraction of sp³-hybridized carbons (Fsp3) is 0.647. The molecule has 1 N–H and O–H groups in total. The number of ether oxygens (including phenoxy) is 2. The molecule has 0 aromatic carbocycles. The van der Waals surface area contributed by atoms with Crippen LogP contribution in [-0.4, -0.2) is 40.6 Å². The summed E-state index contributed by atoms with van der Waals surface area (Å²) in [6, 6.07) is -0.210. The van der Waals surface area contributed by atoms with E-state index in [-0.39, 0.29) is 32.2 Å². The first-order valence-electron chi connectivity index (χ1n) is 8.46. The first-order chi connectivity index (χ1) is 12.1. The molecule has 1 saturated carbocycles. The maximum absolute atomic E-state index is 13.0. The van der Waals surface area contributed by atoms with Gasteiger partial charge in [-0.3, -0.25) is 0 Å². The predicted molar refractivity (Wildman–Crippen MR) is 98.0 cm³/mol. The fourth-order valence-corrected chi connectivity index (χ4v) is 6.43. The maximum atomic E-state index is 13.0. The monoisotopic (exact) mass is 403 g/mol. The maximum Gasteiger partial charge on any atom is 0.348 e. The number of nitrogens with one attached hydrogen (secondary N) is 1. The van der Waals surface area contributed by atoms with Crippen LogP contribution in [0.3, 0.4) is 0 Å². The largest absolute Gasteiger partial charge is 0.465 e. The van der Waals surface area contributed by atoms with Gasteiger partial charge in [0.15, 0.2) is 4.21 Å². The van der Waals surface area contributed by atoms with Gasteiger partial charge in [-0.15, -0.1) is 11.3 Å². The van der Waals surface area contributed by atoms with Gasteiger partial charge in [0.05, 0.1) is 19.8 Å². The Morgan fingerprint density at radius 2 is 1.73 bits per heavy atom. The van der Waals surface area contributed by atoms with Gasteiger partial charge in [-0.2, -0.15) is 0 Å². The molecule has 0 unspecified atom stereocenters. The van der Waals surface area contributed by atoms with Crippen molar-refractivity contribution in [2.75, 3.05) is 14.2 Å². The van der Waals surface area contributed by atoms with Crippen LogP contribution in [0.4, 0.5) is 0 Å². The third-order valence-corrected chi connectivity index (χ3v) is 8.41. The van der Waals surface area contributed by atoms with E-state index in [2.05, 4.69) is 11.6 Å². The lowest BCUT2D eigenvalue weighted by molar-refractivity contribution is 0.0596. The highest BCUT2D eigenvalue weighted by Crippen LogP contribution is 2.35. The second-order valence-corrected chi connectivity index (χ2v) is 9.63. The van der Waals surface area contributed by atoms with Gasteiger partial charge in [-0.25, -0.2) is 22.7 Å². The molecule has 26 heavy (non-hydrogen) atoms. The molecule has 9 heteroatoms. The molecule has 0 bridgehead atoms. The molecule has 1 aromatic heterocycles. The smallest absolute Gasteiger partial charge is 0.348 e. The Bertz CT molecular complexity index is 798. The van der Waals surface area contributed by atoms with Crippen LogP contribution in [0.15, 0.2) is 4.21 Å². The van der Waals surface area contributed by atoms with E-state index in [4.69, 9.17) is 9.47 Å². The molecule has 3 atom stereocenters. The fourth-order valence-electron chi connectivity index (χ4n) is 3.30. The van der Waals surface area contributed by atoms with E-state index in [9.17, 15) is 18.0 Å². The van der Waals surface area contributed by atoms with E-state index in [0.717, 1.165) is 30.6 Å². The van der Waals surface area contributed by atoms with Crippen molar-refractivity contribution in [2.45, 2.75) is 50.3 Å². The molecule has 0 amide bonds. The summed E-state index contributed by atoms with van der Waals surface area (Å²) in [5.41, 5.74) is 0.140. The average Bonchev–Trinajstić information content (AvgIpc) is 2.95. The molecule has 7 nitrogen and oxygen atoms in total. The van der Waals surface area contributed by atoms with Crippen molar-refractivity contribution < 1.29 is 27.5 Å². The average molecular weight is 404 g/mol. The normalized spacial score (nSPS) is 23.5. The van der Waals surface area contributed by atoms with E-state index in [1.165, 1.54) is 21.1 Å². The summed E-state index contributed by atoms with van der Waals surface area (Å²) in [6.07, 6.45) is 2.75. The van der Waals surface area contributed by atoms with Gasteiger partial charge in [0.1, 0.15) is 4.88 Å². The van der Waals surface area contributed by atoms with Gasteiger partial charge in [0, 0.05) is 6.04 Å². The molecule has 1 aliphatic carbocycles. The zero-order valence-corrected chi connectivity index (χ0v) is 17.3. The van der Waals surface area contributed by atoms with Crippen molar-refractivity contribution in [3.8, 4) is 0 Å². The quantitative estimate of drug-likeness (QED) is 0.759. The molecule has 1 heterocycles. The van der Waals surface area contributed by atoms with Gasteiger partial charge < -0.3 is 9.47 Å². The zero-order chi connectivity index (χ0) is 19.6. The van der Waals surface area contributed by atoms with Gasteiger partial charge in [0.2, 0.25) is 0 Å². The molecule has 0 saturated heterocycles. The lowest BCUT2D eigenvalue weighted by Gasteiger charge is -2.34. The Morgan fingerprint density at radius 3 is 2.31 bits per heavy atom. The number of carbonyl (C=O) groups excluding carboxylic acids is 2. The van der Waals surface area contributed by atoms with Crippen molar-refractivity contribution in [3.63, 3.8) is 0 Å². The molecule has 2 rings (SSSR count). The van der Waals surface area contributed by atoms with Crippen LogP contribution in [0.5, 0.6) is 0 Å². The minimum Gasteiger partial charge on any atom is -0.465 e. The number of sulfonamides is 1. The molecule has 0 radical (unpaired) electrons. The first kappa shape index (κ1) is 20.9. The molecule has 0 spiro atoms. The number of hydrogen-bond donors (Lipinski definition) is 1. The minimum atomic E-state index is -3.99. The molecule has 0 aliphatic heterocycles. The molecular weight excluding hydrogens is 378 g/mol. The Balaban J connectivity index is 2.47. The summed E-state index contributed by atoms with van der Waals surface area (Å²) in [7, 11) is -1.61. The SMILES string of the molecule is COC(=O)c1sc(S(=O)(=O)N[C@@H]2CCC[C@@H](C)[C@@H]2C)c(C(=O)OC)c1C. The lowest BCUT2D eigenvalue weighted by Crippen LogP contribution is -2.43. The van der Waals surface area contributed by atoms with Crippen LogP contribution >= 0.6 is 11.3 Å². The molecule has 1 aliphatic rings. The molecule has 146 valence electrons. The number of thiophene rings is 1. The van der Waals surface area contributed by atoms with E-state index >= 15 is 0 Å². The summed E-state index contributed by atoms with van der Waals surface area (Å²) >= 11 is 0.734. The Morgan fingerprint density at radius 1 is 1.12 bits per heavy atom. The van der Waals surface area contributed by atoms with E-state index in [1.807, 2.05) is 6.92 Å². The van der Waals surface area contributed by atoms with Crippen molar-refractivity contribution in [2.24, 2.45) is 11.8 Å². The zero-order valence-electron chi connectivity index (χ0n) is 15.6. The topological polar surface area (TPSA) is 98.8 Å². The first-order valence-corrected chi connectivity index (χ1v) is 10.8. The highest BCUT2D eigenvalue weighted by Gasteiger charge is 2.36. The number of esters is 2. The Hall–Kier alpha value is -1.45. The lowest BCUT2D eigenvalue weighted by atomic mass is 9.78. The minimum absolute atomic E-state index is 0.0818. The Kier molecular flexibility index (Phi) is 6.46. The molecule has 1 fully saturated rings. The third kappa shape index (κ3) is 3.94. The van der Waals surface area contributed by atoms with Crippen molar-refractivity contribution in [3.05, 3.63) is 16.0 Å². The standard InChI is InChI=1S/C17H25NO6S2/c1-9-7-6-8-12(10(9)2)18-26(21,22)17-13(15(19)23-4)11(3)14(25-17)16(20)24-5/h9-10,12,18H,6-8H2,1-5H3/t9-,10+,12-/m1/s1. The van der Waals surface area contributed by atoms with E-state index < -0.39 is 22.0 Å². The summed E-state index contributed by atoms with van der Waals surface area (Å²) in [4.78, 5) is 24.2. The molecular formula is C17H25NO6S2. The summed E-state index contributed by atoms with van der Waals surface area (Å²) in [5, 5.41) is 0. The van der Waals surface area contributed by atoms with Gasteiger partial charge in [-0.05, 0) is 30.7 Å². The van der Waals surface area contributed by atoms with Gasteiger partial charge in [-0.1, -0.05) is 26.7 Å². The summed E-state index contributed by atoms with van der Waals surface area (Å²) in [5.74, 6) is -0.883. The number of rotatable bonds is 5. The van der Waals surface area contributed by atoms with E-state index in [1.54, 1.807) is 0 Å². The highest BCUT2D eigenvalue weighted by molar-refractivity contribution is 7.91. The van der Waals surface area contributed by atoms with Crippen LogP contribution in [0.1, 0.15) is 58.7 Å². The van der Waals surface area contributed by atoms with Crippen LogP contribution in [-0.2, 0) is 19.5 Å². The Labute approximate surface area is 158 Å². The van der Waals surface area contributed by atoms with Crippen molar-refractivity contribution in [1.29, 1.82) is 0 Å². The van der Waals surface area contributed by atoms with Crippen LogP contribution in [0, 0.1) is 18.8 Å². The number of carbonyl (C=O) groups is 2. The third-order valence-electron chi connectivity index (χ3n) is 5.13. The highest BCUT2D eigenvalue weighted by atomic mass is 32.2.